The van der Waals surface area contributed by atoms with Crippen molar-refractivity contribution >= 4 is 17.6 Å². The number of nitriles is 1. The molecular weight excluding hydrogens is 206 g/mol. The number of methoxy groups -OCH3 is 1. The summed E-state index contributed by atoms with van der Waals surface area (Å²) in [7, 11) is 1.29. The van der Waals surface area contributed by atoms with Gasteiger partial charge in [0.15, 0.2) is 5.75 Å². The smallest absolute Gasteiger partial charge is 0.339 e. The van der Waals surface area contributed by atoms with E-state index in [-0.39, 0.29) is 21.9 Å². The lowest BCUT2D eigenvalue weighted by Crippen LogP contribution is -2.02. The molecule has 0 aliphatic rings. The summed E-state index contributed by atoms with van der Waals surface area (Å²) in [5.74, 6) is -1.16. The molecule has 0 spiro atoms. The highest BCUT2D eigenvalue weighted by molar-refractivity contribution is 6.32. The van der Waals surface area contributed by atoms with Crippen LogP contribution in [0, 0.1) is 11.3 Å². The SMILES string of the molecule is COc1c(C(=O)O)ccc(Cl)c1C#N. The lowest BCUT2D eigenvalue weighted by atomic mass is 10.1. The van der Waals surface area contributed by atoms with Gasteiger partial charge in [-0.2, -0.15) is 5.26 Å². The average molecular weight is 212 g/mol. The minimum atomic E-state index is -1.16. The maximum absolute atomic E-state index is 10.7. The van der Waals surface area contributed by atoms with Gasteiger partial charge in [0, 0.05) is 0 Å². The van der Waals surface area contributed by atoms with Crippen LogP contribution in [-0.2, 0) is 0 Å². The van der Waals surface area contributed by atoms with Crippen molar-refractivity contribution in [1.29, 1.82) is 5.26 Å². The molecule has 0 saturated heterocycles. The Morgan fingerprint density at radius 2 is 2.29 bits per heavy atom. The van der Waals surface area contributed by atoms with E-state index in [1.807, 2.05) is 0 Å². The summed E-state index contributed by atoms with van der Waals surface area (Å²) < 4.78 is 4.82. The van der Waals surface area contributed by atoms with Gasteiger partial charge in [0.25, 0.3) is 0 Å². The number of carboxylic acid groups (broad SMARTS) is 1. The van der Waals surface area contributed by atoms with Gasteiger partial charge >= 0.3 is 5.97 Å². The standard InChI is InChI=1S/C9H6ClNO3/c1-14-8-5(9(12)13)2-3-7(10)6(8)4-11/h2-3H,1H3,(H,12,13). The first-order valence-corrected chi connectivity index (χ1v) is 3.99. The number of nitrogens with zero attached hydrogens (tertiary/aromatic N) is 1. The van der Waals surface area contributed by atoms with E-state index in [9.17, 15) is 4.79 Å². The lowest BCUT2D eigenvalue weighted by molar-refractivity contribution is 0.0693. The van der Waals surface area contributed by atoms with Crippen LogP contribution in [0.1, 0.15) is 15.9 Å². The molecule has 0 aliphatic heterocycles. The van der Waals surface area contributed by atoms with Crippen molar-refractivity contribution in [1.82, 2.24) is 0 Å². The fourth-order valence-corrected chi connectivity index (χ4v) is 1.23. The van der Waals surface area contributed by atoms with Gasteiger partial charge in [-0.1, -0.05) is 11.6 Å². The molecule has 1 rings (SSSR count). The van der Waals surface area contributed by atoms with Gasteiger partial charge in [-0.3, -0.25) is 0 Å². The summed E-state index contributed by atoms with van der Waals surface area (Å²) in [6.45, 7) is 0. The molecule has 0 heterocycles. The number of benzene rings is 1. The van der Waals surface area contributed by atoms with Crippen LogP contribution in [0.5, 0.6) is 5.75 Å². The van der Waals surface area contributed by atoms with Crippen molar-refractivity contribution in [2.24, 2.45) is 0 Å². The topological polar surface area (TPSA) is 70.3 Å². The highest BCUT2D eigenvalue weighted by Crippen LogP contribution is 2.29. The molecule has 0 aliphatic carbocycles. The molecule has 0 unspecified atom stereocenters. The monoisotopic (exact) mass is 211 g/mol. The van der Waals surface area contributed by atoms with Crippen LogP contribution in [0.3, 0.4) is 0 Å². The summed E-state index contributed by atoms with van der Waals surface area (Å²) >= 11 is 5.69. The first kappa shape index (κ1) is 10.4. The Kier molecular flexibility index (Phi) is 2.95. The van der Waals surface area contributed by atoms with Gasteiger partial charge in [0.1, 0.15) is 17.2 Å². The van der Waals surface area contributed by atoms with Gasteiger partial charge in [-0.15, -0.1) is 0 Å². The van der Waals surface area contributed by atoms with Crippen molar-refractivity contribution in [3.63, 3.8) is 0 Å². The third-order valence-corrected chi connectivity index (χ3v) is 1.97. The van der Waals surface area contributed by atoms with Crippen molar-refractivity contribution in [3.05, 3.63) is 28.3 Å². The molecular formula is C9H6ClNO3. The Bertz CT molecular complexity index is 423. The third kappa shape index (κ3) is 1.63. The molecule has 1 aromatic rings. The van der Waals surface area contributed by atoms with E-state index in [2.05, 4.69) is 0 Å². The minimum Gasteiger partial charge on any atom is -0.494 e. The third-order valence-electron chi connectivity index (χ3n) is 1.65. The van der Waals surface area contributed by atoms with Crippen molar-refractivity contribution in [3.8, 4) is 11.8 Å². The number of halogens is 1. The summed E-state index contributed by atoms with van der Waals surface area (Å²) in [4.78, 5) is 10.7. The van der Waals surface area contributed by atoms with Crippen molar-refractivity contribution in [2.45, 2.75) is 0 Å². The number of ether oxygens (including phenoxy) is 1. The fraction of sp³-hybridized carbons (Fsp3) is 0.111. The molecule has 14 heavy (non-hydrogen) atoms. The van der Waals surface area contributed by atoms with Crippen LogP contribution in [0.4, 0.5) is 0 Å². The van der Waals surface area contributed by atoms with Crippen LogP contribution in [-0.4, -0.2) is 18.2 Å². The van der Waals surface area contributed by atoms with Crippen molar-refractivity contribution < 1.29 is 14.6 Å². The number of hydrogen-bond acceptors (Lipinski definition) is 3. The van der Waals surface area contributed by atoms with Crippen LogP contribution in [0.2, 0.25) is 5.02 Å². The van der Waals surface area contributed by atoms with Gasteiger partial charge in [0.05, 0.1) is 12.1 Å². The molecule has 0 radical (unpaired) electrons. The Hall–Kier alpha value is -1.73. The molecule has 0 bridgehead atoms. The number of aromatic carboxylic acids is 1. The summed E-state index contributed by atoms with van der Waals surface area (Å²) in [6.07, 6.45) is 0. The second-order valence-electron chi connectivity index (χ2n) is 2.42. The molecule has 0 atom stereocenters. The Labute approximate surface area is 85.3 Å². The van der Waals surface area contributed by atoms with E-state index < -0.39 is 5.97 Å². The van der Waals surface area contributed by atoms with E-state index in [0.29, 0.717) is 0 Å². The highest BCUT2D eigenvalue weighted by atomic mass is 35.5. The lowest BCUT2D eigenvalue weighted by Gasteiger charge is -2.07. The summed E-state index contributed by atoms with van der Waals surface area (Å²) in [5.41, 5.74) is -0.0393. The first-order chi connectivity index (χ1) is 6.61. The van der Waals surface area contributed by atoms with E-state index in [4.69, 9.17) is 26.7 Å². The van der Waals surface area contributed by atoms with Crippen molar-refractivity contribution in [2.75, 3.05) is 7.11 Å². The van der Waals surface area contributed by atoms with E-state index >= 15 is 0 Å². The van der Waals surface area contributed by atoms with Crippen LogP contribution >= 0.6 is 11.6 Å². The number of hydrogen-bond donors (Lipinski definition) is 1. The van der Waals surface area contributed by atoms with Crippen LogP contribution in [0.15, 0.2) is 12.1 Å². The predicted octanol–water partition coefficient (Wildman–Crippen LogP) is 1.92. The Morgan fingerprint density at radius 1 is 1.64 bits per heavy atom. The maximum atomic E-state index is 10.7. The molecule has 0 saturated carbocycles. The number of carbonyl (C=O) groups is 1. The maximum Gasteiger partial charge on any atom is 0.339 e. The number of carboxylic acids is 1. The summed E-state index contributed by atoms with van der Waals surface area (Å²) in [5, 5.41) is 17.7. The molecule has 1 N–H and O–H groups in total. The molecule has 72 valence electrons. The molecule has 1 aromatic carbocycles. The molecule has 0 aromatic heterocycles. The summed E-state index contributed by atoms with van der Waals surface area (Å²) in [6, 6.07) is 4.44. The highest BCUT2D eigenvalue weighted by Gasteiger charge is 2.17. The molecule has 0 fully saturated rings. The van der Waals surface area contributed by atoms with E-state index in [1.165, 1.54) is 19.2 Å². The Morgan fingerprint density at radius 3 is 2.71 bits per heavy atom. The largest absolute Gasteiger partial charge is 0.494 e. The van der Waals surface area contributed by atoms with Crippen LogP contribution in [0.25, 0.3) is 0 Å². The van der Waals surface area contributed by atoms with Crippen LogP contribution < -0.4 is 4.74 Å². The normalized spacial score (nSPS) is 9.21. The molecule has 4 nitrogen and oxygen atoms in total. The van der Waals surface area contributed by atoms with Gasteiger partial charge in [-0.25, -0.2) is 4.79 Å². The first-order valence-electron chi connectivity index (χ1n) is 3.61. The number of rotatable bonds is 2. The minimum absolute atomic E-state index is 0.00694. The average Bonchev–Trinajstić information content (AvgIpc) is 2.16. The zero-order valence-corrected chi connectivity index (χ0v) is 8.00. The predicted molar refractivity (Wildman–Crippen MR) is 49.7 cm³/mol. The fourth-order valence-electron chi connectivity index (χ4n) is 1.04. The van der Waals surface area contributed by atoms with Gasteiger partial charge < -0.3 is 9.84 Å². The quantitative estimate of drug-likeness (QED) is 0.811. The van der Waals surface area contributed by atoms with Gasteiger partial charge in [0.2, 0.25) is 0 Å². The Balaban J connectivity index is 3.50. The zero-order chi connectivity index (χ0) is 10.7. The molecule has 0 amide bonds. The molecule has 5 heteroatoms. The van der Waals surface area contributed by atoms with E-state index in [1.54, 1.807) is 6.07 Å². The van der Waals surface area contributed by atoms with Gasteiger partial charge in [-0.05, 0) is 12.1 Å². The van der Waals surface area contributed by atoms with E-state index in [0.717, 1.165) is 0 Å². The zero-order valence-electron chi connectivity index (χ0n) is 7.24. The second kappa shape index (κ2) is 3.99. The second-order valence-corrected chi connectivity index (χ2v) is 2.83.